The number of nitriles is 1. The number of piperidine rings is 1. The molecule has 3 aromatic heterocycles. The highest BCUT2D eigenvalue weighted by Gasteiger charge is 2.37. The molecule has 3 aromatic rings. The summed E-state index contributed by atoms with van der Waals surface area (Å²) in [6.45, 7) is 5.97. The second-order valence-electron chi connectivity index (χ2n) is 8.67. The predicted molar refractivity (Wildman–Crippen MR) is 123 cm³/mol. The van der Waals surface area contributed by atoms with Gasteiger partial charge in [-0.3, -0.25) is 14.3 Å². The van der Waals surface area contributed by atoms with E-state index in [4.69, 9.17) is 4.74 Å². The molecule has 2 saturated heterocycles. The lowest BCUT2D eigenvalue weighted by Crippen LogP contribution is -2.54. The van der Waals surface area contributed by atoms with Crippen molar-refractivity contribution in [1.29, 1.82) is 5.26 Å². The minimum absolute atomic E-state index is 0.0328. The highest BCUT2D eigenvalue weighted by atomic mass is 16.5. The van der Waals surface area contributed by atoms with Crippen molar-refractivity contribution < 1.29 is 14.3 Å². The second-order valence-corrected chi connectivity index (χ2v) is 8.67. The third kappa shape index (κ3) is 3.69. The molecule has 5 heterocycles. The Kier molecular flexibility index (Phi) is 5.53. The minimum atomic E-state index is -0.0702. The summed E-state index contributed by atoms with van der Waals surface area (Å²) in [4.78, 5) is 28.2. The Morgan fingerprint density at radius 1 is 1.15 bits per heavy atom. The normalized spacial score (nSPS) is 16.8. The van der Waals surface area contributed by atoms with Crippen LogP contribution in [0.2, 0.25) is 0 Å². The van der Waals surface area contributed by atoms with E-state index >= 15 is 0 Å². The number of carbonyl (C=O) groups excluding carboxylic acids is 2. The first kappa shape index (κ1) is 21.7. The number of hydrogen-bond acceptors (Lipinski definition) is 6. The molecule has 10 nitrogen and oxygen atoms in total. The average Bonchev–Trinajstić information content (AvgIpc) is 3.49. The largest absolute Gasteiger partial charge is 0.494 e. The summed E-state index contributed by atoms with van der Waals surface area (Å²) in [5.41, 5.74) is 2.86. The van der Waals surface area contributed by atoms with Crippen LogP contribution in [0.3, 0.4) is 0 Å². The summed E-state index contributed by atoms with van der Waals surface area (Å²) in [6.07, 6.45) is 9.82. The van der Waals surface area contributed by atoms with Crippen molar-refractivity contribution in [1.82, 2.24) is 29.2 Å². The van der Waals surface area contributed by atoms with Crippen LogP contribution < -0.4 is 4.74 Å². The maximum Gasteiger partial charge on any atom is 0.245 e. The molecular formula is C24H25N7O3. The van der Waals surface area contributed by atoms with Crippen LogP contribution in [0.5, 0.6) is 5.75 Å². The van der Waals surface area contributed by atoms with Crippen molar-refractivity contribution in [3.05, 3.63) is 49.1 Å². The maximum atomic E-state index is 12.9. The molecule has 0 atom stereocenters. The van der Waals surface area contributed by atoms with Gasteiger partial charge in [0.2, 0.25) is 11.8 Å². The molecule has 0 spiro atoms. The summed E-state index contributed by atoms with van der Waals surface area (Å²) < 4.78 is 9.03. The molecule has 0 bridgehead atoms. The third-order valence-electron chi connectivity index (χ3n) is 6.73. The molecule has 0 radical (unpaired) electrons. The number of nitrogens with zero attached hydrogens (tertiary/aromatic N) is 7. The summed E-state index contributed by atoms with van der Waals surface area (Å²) in [5, 5.41) is 18.1. The monoisotopic (exact) mass is 459 g/mol. The number of pyridine rings is 1. The summed E-state index contributed by atoms with van der Waals surface area (Å²) in [7, 11) is 1.57. The van der Waals surface area contributed by atoms with Gasteiger partial charge in [0, 0.05) is 55.6 Å². The number of hydrogen-bond donors (Lipinski definition) is 0. The van der Waals surface area contributed by atoms with Crippen LogP contribution in [-0.2, 0) is 9.59 Å². The van der Waals surface area contributed by atoms with Gasteiger partial charge < -0.3 is 14.5 Å². The number of amides is 2. The van der Waals surface area contributed by atoms with E-state index in [1.54, 1.807) is 22.7 Å². The molecule has 2 aliphatic rings. The SMILES string of the molecule is C=CC(=O)N1CCC(C(=O)N2CC(n3cc(-c4cc(OC)c5c(C#N)cnn5c4)cn3)C2)CC1. The van der Waals surface area contributed by atoms with Crippen LogP contribution in [0.4, 0.5) is 0 Å². The molecule has 0 unspecified atom stereocenters. The van der Waals surface area contributed by atoms with Gasteiger partial charge in [-0.2, -0.15) is 15.5 Å². The fourth-order valence-electron chi connectivity index (χ4n) is 4.70. The predicted octanol–water partition coefficient (Wildman–Crippen LogP) is 1.89. The molecule has 5 rings (SSSR count). The molecule has 2 fully saturated rings. The molecule has 0 N–H and O–H groups in total. The topological polar surface area (TPSA) is 109 Å². The van der Waals surface area contributed by atoms with Gasteiger partial charge in [0.05, 0.1) is 25.5 Å². The molecule has 0 saturated carbocycles. The molecule has 2 aliphatic heterocycles. The number of ether oxygens (including phenoxy) is 1. The Bertz CT molecular complexity index is 1300. The van der Waals surface area contributed by atoms with Gasteiger partial charge in [-0.15, -0.1) is 0 Å². The zero-order chi connectivity index (χ0) is 23.8. The molecular weight excluding hydrogens is 434 g/mol. The summed E-state index contributed by atoms with van der Waals surface area (Å²) >= 11 is 0. The van der Waals surface area contributed by atoms with E-state index in [1.807, 2.05) is 28.0 Å². The lowest BCUT2D eigenvalue weighted by atomic mass is 9.93. The van der Waals surface area contributed by atoms with Gasteiger partial charge in [-0.05, 0) is 25.0 Å². The van der Waals surface area contributed by atoms with E-state index in [0.29, 0.717) is 55.9 Å². The van der Waals surface area contributed by atoms with Crippen molar-refractivity contribution in [3.8, 4) is 22.9 Å². The van der Waals surface area contributed by atoms with Crippen LogP contribution in [0.25, 0.3) is 16.6 Å². The van der Waals surface area contributed by atoms with E-state index in [2.05, 4.69) is 22.8 Å². The zero-order valence-electron chi connectivity index (χ0n) is 18.9. The highest BCUT2D eigenvalue weighted by molar-refractivity contribution is 5.87. The number of methoxy groups -OCH3 is 1. The Hall–Kier alpha value is -4.13. The highest BCUT2D eigenvalue weighted by Crippen LogP contribution is 2.31. The van der Waals surface area contributed by atoms with Crippen LogP contribution >= 0.6 is 0 Å². The number of carbonyl (C=O) groups is 2. The maximum absolute atomic E-state index is 12.9. The third-order valence-corrected chi connectivity index (χ3v) is 6.73. The van der Waals surface area contributed by atoms with Crippen LogP contribution in [-0.4, -0.2) is 74.3 Å². The van der Waals surface area contributed by atoms with E-state index in [1.165, 1.54) is 12.3 Å². The van der Waals surface area contributed by atoms with Gasteiger partial charge >= 0.3 is 0 Å². The molecule has 34 heavy (non-hydrogen) atoms. The summed E-state index contributed by atoms with van der Waals surface area (Å²) in [5.74, 6) is 0.630. The Morgan fingerprint density at radius 3 is 2.59 bits per heavy atom. The smallest absolute Gasteiger partial charge is 0.245 e. The average molecular weight is 460 g/mol. The Balaban J connectivity index is 1.23. The van der Waals surface area contributed by atoms with Crippen molar-refractivity contribution in [2.24, 2.45) is 5.92 Å². The molecule has 174 valence electrons. The van der Waals surface area contributed by atoms with Gasteiger partial charge in [0.1, 0.15) is 22.9 Å². The fourth-order valence-corrected chi connectivity index (χ4v) is 4.70. The van der Waals surface area contributed by atoms with Gasteiger partial charge in [-0.1, -0.05) is 6.58 Å². The van der Waals surface area contributed by atoms with Crippen LogP contribution in [0.1, 0.15) is 24.4 Å². The van der Waals surface area contributed by atoms with Gasteiger partial charge in [0.15, 0.2) is 0 Å². The zero-order valence-corrected chi connectivity index (χ0v) is 18.9. The quantitative estimate of drug-likeness (QED) is 0.539. The van der Waals surface area contributed by atoms with E-state index in [9.17, 15) is 14.9 Å². The van der Waals surface area contributed by atoms with Gasteiger partial charge in [0.25, 0.3) is 0 Å². The Labute approximate surface area is 196 Å². The standard InChI is InChI=1S/C24H25N7O3/c1-3-22(32)28-6-4-16(5-7-28)24(33)29-14-20(15-29)30-13-19(11-26-30)17-8-21(34-2)23-18(9-25)10-27-31(23)12-17/h3,8,10-13,16,20H,1,4-7,14-15H2,2H3. The minimum Gasteiger partial charge on any atom is -0.494 e. The van der Waals surface area contributed by atoms with Crippen LogP contribution in [0.15, 0.2) is 43.5 Å². The Morgan fingerprint density at radius 2 is 1.91 bits per heavy atom. The first-order chi connectivity index (χ1) is 16.5. The fraction of sp³-hybridized carbons (Fsp3) is 0.375. The number of rotatable bonds is 5. The van der Waals surface area contributed by atoms with E-state index in [0.717, 1.165) is 11.1 Å². The summed E-state index contributed by atoms with van der Waals surface area (Å²) in [6, 6.07) is 4.13. The first-order valence-electron chi connectivity index (χ1n) is 11.2. The van der Waals surface area contributed by atoms with E-state index in [-0.39, 0.29) is 23.8 Å². The molecule has 2 amide bonds. The van der Waals surface area contributed by atoms with Crippen molar-refractivity contribution >= 4 is 17.3 Å². The van der Waals surface area contributed by atoms with E-state index < -0.39 is 0 Å². The second kappa shape index (κ2) is 8.67. The van der Waals surface area contributed by atoms with Crippen molar-refractivity contribution in [2.75, 3.05) is 33.3 Å². The number of fused-ring (bicyclic) bond motifs is 1. The number of aromatic nitrogens is 4. The van der Waals surface area contributed by atoms with Crippen molar-refractivity contribution in [3.63, 3.8) is 0 Å². The van der Waals surface area contributed by atoms with Gasteiger partial charge in [-0.25, -0.2) is 4.52 Å². The molecule has 0 aliphatic carbocycles. The van der Waals surface area contributed by atoms with Crippen LogP contribution in [0, 0.1) is 17.2 Å². The first-order valence-corrected chi connectivity index (χ1v) is 11.2. The van der Waals surface area contributed by atoms with Crippen molar-refractivity contribution in [2.45, 2.75) is 18.9 Å². The molecule has 10 heteroatoms. The molecule has 0 aromatic carbocycles. The lowest BCUT2D eigenvalue weighted by Gasteiger charge is -2.42. The number of likely N-dealkylation sites (tertiary alicyclic amines) is 2. The lowest BCUT2D eigenvalue weighted by molar-refractivity contribution is -0.144.